The van der Waals surface area contributed by atoms with E-state index in [2.05, 4.69) is 54.9 Å². The van der Waals surface area contributed by atoms with Crippen molar-refractivity contribution in [2.45, 2.75) is 6.04 Å². The summed E-state index contributed by atoms with van der Waals surface area (Å²) in [6.45, 7) is 4.84. The van der Waals surface area contributed by atoms with Gasteiger partial charge in [0, 0.05) is 42.8 Å². The lowest BCUT2D eigenvalue weighted by Crippen LogP contribution is -2.48. The van der Waals surface area contributed by atoms with Gasteiger partial charge in [-0.05, 0) is 53.7 Å². The van der Waals surface area contributed by atoms with Gasteiger partial charge in [0.1, 0.15) is 0 Å². The minimum atomic E-state index is -0.0168. The number of hydrogen-bond acceptors (Lipinski definition) is 4. The number of benzene rings is 1. The number of nitrogens with zero attached hydrogens (tertiary/aromatic N) is 2. The van der Waals surface area contributed by atoms with Gasteiger partial charge >= 0.3 is 0 Å². The molecule has 1 fully saturated rings. The molecular weight excluding hydrogens is 386 g/mol. The summed E-state index contributed by atoms with van der Waals surface area (Å²) in [5, 5.41) is 7.41. The minimum absolute atomic E-state index is 0.0168. The van der Waals surface area contributed by atoms with Crippen molar-refractivity contribution in [1.82, 2.24) is 15.1 Å². The van der Waals surface area contributed by atoms with Crippen LogP contribution in [0.15, 0.2) is 45.6 Å². The first-order valence-electron chi connectivity index (χ1n) is 8.12. The molecule has 1 amide bonds. The summed E-state index contributed by atoms with van der Waals surface area (Å²) < 4.78 is 0.979. The monoisotopic (exact) mass is 407 g/mol. The first kappa shape index (κ1) is 17.6. The third-order valence-electron chi connectivity index (χ3n) is 4.47. The summed E-state index contributed by atoms with van der Waals surface area (Å²) >= 11 is 5.11. The zero-order valence-corrected chi connectivity index (χ0v) is 16.1. The molecule has 4 nitrogen and oxygen atoms in total. The van der Waals surface area contributed by atoms with Crippen molar-refractivity contribution >= 4 is 33.2 Å². The van der Waals surface area contributed by atoms with Crippen LogP contribution in [0.3, 0.4) is 0 Å². The molecule has 0 aliphatic carbocycles. The van der Waals surface area contributed by atoms with Crippen LogP contribution in [0.4, 0.5) is 0 Å². The highest BCUT2D eigenvalue weighted by Crippen LogP contribution is 2.24. The maximum atomic E-state index is 12.4. The van der Waals surface area contributed by atoms with E-state index in [4.69, 9.17) is 0 Å². The Morgan fingerprint density at radius 3 is 2.54 bits per heavy atom. The molecule has 1 aromatic heterocycles. The van der Waals surface area contributed by atoms with Gasteiger partial charge in [0.25, 0.3) is 5.91 Å². The molecule has 2 heterocycles. The number of halogens is 1. The summed E-state index contributed by atoms with van der Waals surface area (Å²) in [5.74, 6) is -0.0168. The number of carbonyl (C=O) groups is 1. The second kappa shape index (κ2) is 8.25. The molecule has 1 aliphatic rings. The molecule has 6 heteroatoms. The first-order valence-corrected chi connectivity index (χ1v) is 9.85. The Labute approximate surface area is 155 Å². The fourth-order valence-corrected chi connectivity index (χ4v) is 3.92. The van der Waals surface area contributed by atoms with Crippen LogP contribution in [0.1, 0.15) is 22.0 Å². The molecular formula is C18H22BrN3OS. The number of thiophene rings is 1. The number of nitrogens with one attached hydrogen (secondary N) is 1. The van der Waals surface area contributed by atoms with Crippen LogP contribution in [0.5, 0.6) is 0 Å². The number of piperazine rings is 1. The lowest BCUT2D eigenvalue weighted by atomic mass is 10.1. The van der Waals surface area contributed by atoms with Crippen LogP contribution >= 0.6 is 27.3 Å². The van der Waals surface area contributed by atoms with Gasteiger partial charge in [-0.25, -0.2) is 0 Å². The molecule has 1 aromatic carbocycles. The van der Waals surface area contributed by atoms with Gasteiger partial charge in [-0.3, -0.25) is 9.69 Å². The molecule has 1 saturated heterocycles. The van der Waals surface area contributed by atoms with E-state index in [1.807, 2.05) is 24.3 Å². The molecule has 1 N–H and O–H groups in total. The second-order valence-corrected chi connectivity index (χ2v) is 7.82. The van der Waals surface area contributed by atoms with Gasteiger partial charge in [-0.15, -0.1) is 0 Å². The van der Waals surface area contributed by atoms with Gasteiger partial charge in [0.2, 0.25) is 0 Å². The molecule has 24 heavy (non-hydrogen) atoms. The predicted molar refractivity (Wildman–Crippen MR) is 103 cm³/mol. The van der Waals surface area contributed by atoms with E-state index in [0.717, 1.165) is 30.7 Å². The van der Waals surface area contributed by atoms with Crippen LogP contribution in [0.2, 0.25) is 0 Å². The largest absolute Gasteiger partial charge is 0.350 e. The summed E-state index contributed by atoms with van der Waals surface area (Å²) in [6, 6.07) is 9.88. The summed E-state index contributed by atoms with van der Waals surface area (Å²) in [6.07, 6.45) is 0. The highest BCUT2D eigenvalue weighted by molar-refractivity contribution is 9.10. The van der Waals surface area contributed by atoms with Crippen molar-refractivity contribution in [2.75, 3.05) is 39.8 Å². The van der Waals surface area contributed by atoms with Crippen molar-refractivity contribution < 1.29 is 4.79 Å². The van der Waals surface area contributed by atoms with Crippen molar-refractivity contribution in [3.05, 3.63) is 56.7 Å². The third kappa shape index (κ3) is 4.45. The van der Waals surface area contributed by atoms with Crippen LogP contribution < -0.4 is 5.32 Å². The molecule has 0 saturated carbocycles. The summed E-state index contributed by atoms with van der Waals surface area (Å²) in [7, 11) is 2.16. The SMILES string of the molecule is CN1CCN(C(CNC(=O)c2ccc(Br)cc2)c2ccsc2)CC1. The Morgan fingerprint density at radius 2 is 1.92 bits per heavy atom. The smallest absolute Gasteiger partial charge is 0.251 e. The molecule has 1 atom stereocenters. The van der Waals surface area contributed by atoms with Crippen molar-refractivity contribution in [3.8, 4) is 0 Å². The fraction of sp³-hybridized carbons (Fsp3) is 0.389. The zero-order valence-electron chi connectivity index (χ0n) is 13.7. The minimum Gasteiger partial charge on any atom is -0.350 e. The van der Waals surface area contributed by atoms with Crippen molar-refractivity contribution in [3.63, 3.8) is 0 Å². The number of amides is 1. The molecule has 0 bridgehead atoms. The normalized spacial score (nSPS) is 17.6. The van der Waals surface area contributed by atoms with Crippen molar-refractivity contribution in [2.24, 2.45) is 0 Å². The Morgan fingerprint density at radius 1 is 1.21 bits per heavy atom. The molecule has 1 aliphatic heterocycles. The van der Waals surface area contributed by atoms with E-state index in [0.29, 0.717) is 12.1 Å². The maximum absolute atomic E-state index is 12.4. The van der Waals surface area contributed by atoms with Crippen LogP contribution in [0, 0.1) is 0 Å². The molecule has 3 rings (SSSR count). The van der Waals surface area contributed by atoms with Crippen LogP contribution in [0.25, 0.3) is 0 Å². The highest BCUT2D eigenvalue weighted by Gasteiger charge is 2.24. The third-order valence-corrected chi connectivity index (χ3v) is 5.70. The highest BCUT2D eigenvalue weighted by atomic mass is 79.9. The van der Waals surface area contributed by atoms with Gasteiger partial charge < -0.3 is 10.2 Å². The summed E-state index contributed by atoms with van der Waals surface area (Å²) in [5.41, 5.74) is 1.99. The number of rotatable bonds is 5. The van der Waals surface area contributed by atoms with Crippen LogP contribution in [-0.4, -0.2) is 55.5 Å². The lowest BCUT2D eigenvalue weighted by Gasteiger charge is -2.38. The second-order valence-electron chi connectivity index (χ2n) is 6.13. The van der Waals surface area contributed by atoms with Gasteiger partial charge in [0.15, 0.2) is 0 Å². The van der Waals surface area contributed by atoms with Crippen molar-refractivity contribution in [1.29, 1.82) is 0 Å². The fourth-order valence-electron chi connectivity index (χ4n) is 2.95. The Balaban J connectivity index is 1.66. The Hall–Kier alpha value is -1.21. The average Bonchev–Trinajstić information content (AvgIpc) is 3.11. The topological polar surface area (TPSA) is 35.6 Å². The lowest BCUT2D eigenvalue weighted by molar-refractivity contribution is 0.0886. The number of likely N-dealkylation sites (N-methyl/N-ethyl adjacent to an activating group) is 1. The number of carbonyl (C=O) groups excluding carboxylic acids is 1. The number of hydrogen-bond donors (Lipinski definition) is 1. The van der Waals surface area contributed by atoms with E-state index in [9.17, 15) is 4.79 Å². The van der Waals surface area contributed by atoms with Crippen LogP contribution in [-0.2, 0) is 0 Å². The van der Waals surface area contributed by atoms with Gasteiger partial charge in [0.05, 0.1) is 6.04 Å². The van der Waals surface area contributed by atoms with Gasteiger partial charge in [-0.1, -0.05) is 15.9 Å². The van der Waals surface area contributed by atoms with E-state index in [1.165, 1.54) is 5.56 Å². The maximum Gasteiger partial charge on any atom is 0.251 e. The summed E-state index contributed by atoms with van der Waals surface area (Å²) in [4.78, 5) is 17.2. The van der Waals surface area contributed by atoms with E-state index < -0.39 is 0 Å². The predicted octanol–water partition coefficient (Wildman–Crippen LogP) is 3.23. The van der Waals surface area contributed by atoms with E-state index in [-0.39, 0.29) is 11.9 Å². The average molecular weight is 408 g/mol. The van der Waals surface area contributed by atoms with Gasteiger partial charge in [-0.2, -0.15) is 11.3 Å². The Bertz CT molecular complexity index is 651. The standard InChI is InChI=1S/C18H22BrN3OS/c1-21-7-9-22(10-8-21)17(15-6-11-24-13-15)12-20-18(23)14-2-4-16(19)5-3-14/h2-6,11,13,17H,7-10,12H2,1H3,(H,20,23). The first-order chi connectivity index (χ1) is 11.6. The Kier molecular flexibility index (Phi) is 6.05. The van der Waals surface area contributed by atoms with E-state index in [1.54, 1.807) is 11.3 Å². The quantitative estimate of drug-likeness (QED) is 0.825. The zero-order chi connectivity index (χ0) is 16.9. The molecule has 1 unspecified atom stereocenters. The molecule has 2 aromatic rings. The van der Waals surface area contributed by atoms with E-state index >= 15 is 0 Å². The molecule has 0 radical (unpaired) electrons. The molecule has 128 valence electrons. The molecule has 0 spiro atoms.